The number of halogens is 2. The van der Waals surface area contributed by atoms with Gasteiger partial charge in [-0.25, -0.2) is 0 Å². The minimum absolute atomic E-state index is 0.262. The van der Waals surface area contributed by atoms with Crippen LogP contribution >= 0.6 is 35.0 Å². The minimum Gasteiger partial charge on any atom is -0.313 e. The van der Waals surface area contributed by atoms with Crippen LogP contribution in [0.15, 0.2) is 47.4 Å². The van der Waals surface area contributed by atoms with Crippen molar-refractivity contribution >= 4 is 35.0 Å². The summed E-state index contributed by atoms with van der Waals surface area (Å²) in [4.78, 5) is 1.18. The summed E-state index contributed by atoms with van der Waals surface area (Å²) in [5.74, 6) is 0.911. The van der Waals surface area contributed by atoms with Gasteiger partial charge in [0.1, 0.15) is 0 Å². The molecule has 0 radical (unpaired) electrons. The van der Waals surface area contributed by atoms with Gasteiger partial charge in [0.15, 0.2) is 0 Å². The van der Waals surface area contributed by atoms with Crippen molar-refractivity contribution in [1.29, 1.82) is 0 Å². The zero-order valence-electron chi connectivity index (χ0n) is 11.5. The average Bonchev–Trinajstić information content (AvgIpc) is 2.46. The molecule has 0 aliphatic rings. The van der Waals surface area contributed by atoms with E-state index in [4.69, 9.17) is 23.2 Å². The van der Waals surface area contributed by atoms with Crippen molar-refractivity contribution in [3.8, 4) is 0 Å². The van der Waals surface area contributed by atoms with Gasteiger partial charge in [-0.3, -0.25) is 0 Å². The molecule has 106 valence electrons. The second kappa shape index (κ2) is 7.37. The second-order valence-corrected chi connectivity index (χ2v) is 6.50. The van der Waals surface area contributed by atoms with E-state index in [9.17, 15) is 0 Å². The monoisotopic (exact) mass is 325 g/mol. The summed E-state index contributed by atoms with van der Waals surface area (Å²) in [6.07, 6.45) is 0. The highest BCUT2D eigenvalue weighted by Crippen LogP contribution is 2.30. The standard InChI is InChI=1S/C16H17Cl2NS/c1-11(19-2)15-8-7-14(9-16(15)18)20-10-12-3-5-13(17)6-4-12/h3-9,11,19H,10H2,1-2H3. The Morgan fingerprint density at radius 3 is 2.40 bits per heavy atom. The van der Waals surface area contributed by atoms with Gasteiger partial charge in [-0.05, 0) is 49.4 Å². The first-order valence-corrected chi connectivity index (χ1v) is 8.18. The molecule has 0 aromatic heterocycles. The first-order chi connectivity index (χ1) is 9.60. The first-order valence-electron chi connectivity index (χ1n) is 6.44. The summed E-state index contributed by atoms with van der Waals surface area (Å²) in [5, 5.41) is 4.78. The van der Waals surface area contributed by atoms with Crippen molar-refractivity contribution < 1.29 is 0 Å². The third-order valence-corrected chi connectivity index (χ3v) is 4.83. The first kappa shape index (κ1) is 15.7. The molecule has 0 fully saturated rings. The van der Waals surface area contributed by atoms with Crippen molar-refractivity contribution in [2.24, 2.45) is 0 Å². The van der Waals surface area contributed by atoms with Crippen LogP contribution in [0, 0.1) is 0 Å². The number of nitrogens with one attached hydrogen (secondary N) is 1. The fourth-order valence-electron chi connectivity index (χ4n) is 1.85. The number of thioether (sulfide) groups is 1. The Bertz CT molecular complexity index is 569. The maximum atomic E-state index is 6.33. The molecule has 20 heavy (non-hydrogen) atoms. The fourth-order valence-corrected chi connectivity index (χ4v) is 3.28. The van der Waals surface area contributed by atoms with E-state index in [0.29, 0.717) is 0 Å². The molecule has 0 bridgehead atoms. The van der Waals surface area contributed by atoms with E-state index >= 15 is 0 Å². The molecule has 0 aliphatic carbocycles. The van der Waals surface area contributed by atoms with Gasteiger partial charge >= 0.3 is 0 Å². The van der Waals surface area contributed by atoms with E-state index in [-0.39, 0.29) is 6.04 Å². The van der Waals surface area contributed by atoms with Crippen LogP contribution in [-0.2, 0) is 5.75 Å². The summed E-state index contributed by atoms with van der Waals surface area (Å²) in [7, 11) is 1.93. The van der Waals surface area contributed by atoms with E-state index in [1.165, 1.54) is 10.5 Å². The highest BCUT2D eigenvalue weighted by Gasteiger charge is 2.08. The van der Waals surface area contributed by atoms with Gasteiger partial charge in [-0.2, -0.15) is 0 Å². The molecule has 4 heteroatoms. The fraction of sp³-hybridized carbons (Fsp3) is 0.250. The molecule has 2 rings (SSSR count). The van der Waals surface area contributed by atoms with Crippen molar-refractivity contribution in [2.75, 3.05) is 7.05 Å². The molecule has 2 aromatic carbocycles. The molecule has 1 nitrogen and oxygen atoms in total. The lowest BCUT2D eigenvalue weighted by atomic mass is 10.1. The number of hydrogen-bond donors (Lipinski definition) is 1. The molecule has 1 N–H and O–H groups in total. The van der Waals surface area contributed by atoms with Crippen LogP contribution in [-0.4, -0.2) is 7.05 Å². The van der Waals surface area contributed by atoms with E-state index in [0.717, 1.165) is 21.4 Å². The SMILES string of the molecule is CNC(C)c1ccc(SCc2ccc(Cl)cc2)cc1Cl. The van der Waals surface area contributed by atoms with Crippen LogP contribution < -0.4 is 5.32 Å². The van der Waals surface area contributed by atoms with Crippen molar-refractivity contribution in [1.82, 2.24) is 5.32 Å². The van der Waals surface area contributed by atoms with Gasteiger partial charge in [0.25, 0.3) is 0 Å². The number of hydrogen-bond acceptors (Lipinski definition) is 2. The lowest BCUT2D eigenvalue weighted by Crippen LogP contribution is -2.12. The van der Waals surface area contributed by atoms with E-state index < -0.39 is 0 Å². The van der Waals surface area contributed by atoms with Gasteiger partial charge in [-0.1, -0.05) is 41.4 Å². The summed E-state index contributed by atoms with van der Waals surface area (Å²) in [6, 6.07) is 14.4. The summed E-state index contributed by atoms with van der Waals surface area (Å²) < 4.78 is 0. The predicted octanol–water partition coefficient (Wildman–Crippen LogP) is 5.57. The highest BCUT2D eigenvalue weighted by atomic mass is 35.5. The molecule has 0 aliphatic heterocycles. The lowest BCUT2D eigenvalue weighted by molar-refractivity contribution is 0.652. The minimum atomic E-state index is 0.262. The molecule has 0 spiro atoms. The Morgan fingerprint density at radius 2 is 1.80 bits per heavy atom. The molecule has 0 amide bonds. The normalized spacial score (nSPS) is 12.4. The van der Waals surface area contributed by atoms with Crippen LogP contribution in [0.25, 0.3) is 0 Å². The van der Waals surface area contributed by atoms with Crippen molar-refractivity contribution in [3.63, 3.8) is 0 Å². The summed E-state index contributed by atoms with van der Waals surface area (Å²) in [6.45, 7) is 2.10. The molecule has 1 unspecified atom stereocenters. The topological polar surface area (TPSA) is 12.0 Å². The number of benzene rings is 2. The van der Waals surface area contributed by atoms with Gasteiger partial charge in [-0.15, -0.1) is 11.8 Å². The van der Waals surface area contributed by atoms with Crippen LogP contribution in [0.4, 0.5) is 0 Å². The van der Waals surface area contributed by atoms with Gasteiger partial charge in [0, 0.05) is 26.7 Å². The van der Waals surface area contributed by atoms with Crippen LogP contribution in [0.3, 0.4) is 0 Å². The molecule has 0 heterocycles. The Kier molecular flexibility index (Phi) is 5.79. The highest BCUT2D eigenvalue weighted by molar-refractivity contribution is 7.98. The quantitative estimate of drug-likeness (QED) is 0.721. The van der Waals surface area contributed by atoms with Gasteiger partial charge < -0.3 is 5.32 Å². The Balaban J connectivity index is 2.03. The largest absolute Gasteiger partial charge is 0.313 e. The van der Waals surface area contributed by atoms with Gasteiger partial charge in [0.2, 0.25) is 0 Å². The molecular formula is C16H17Cl2NS. The summed E-state index contributed by atoms with van der Waals surface area (Å²) in [5.41, 5.74) is 2.38. The Morgan fingerprint density at radius 1 is 1.10 bits per heavy atom. The molecule has 2 aromatic rings. The third-order valence-electron chi connectivity index (χ3n) is 3.19. The molecule has 1 atom stereocenters. The maximum Gasteiger partial charge on any atom is 0.0464 e. The second-order valence-electron chi connectivity index (χ2n) is 4.61. The van der Waals surface area contributed by atoms with Gasteiger partial charge in [0.05, 0.1) is 0 Å². The average molecular weight is 326 g/mol. The number of rotatable bonds is 5. The predicted molar refractivity (Wildman–Crippen MR) is 89.9 cm³/mol. The zero-order chi connectivity index (χ0) is 14.5. The van der Waals surface area contributed by atoms with Crippen LogP contribution in [0.2, 0.25) is 10.0 Å². The summed E-state index contributed by atoms with van der Waals surface area (Å²) >= 11 is 14.0. The Labute approximate surface area is 134 Å². The third kappa shape index (κ3) is 4.16. The molecule has 0 saturated heterocycles. The zero-order valence-corrected chi connectivity index (χ0v) is 13.8. The Hall–Kier alpha value is -0.670. The van der Waals surface area contributed by atoms with Crippen LogP contribution in [0.1, 0.15) is 24.1 Å². The maximum absolute atomic E-state index is 6.33. The van der Waals surface area contributed by atoms with Crippen molar-refractivity contribution in [2.45, 2.75) is 23.6 Å². The van der Waals surface area contributed by atoms with E-state index in [1.54, 1.807) is 11.8 Å². The lowest BCUT2D eigenvalue weighted by Gasteiger charge is -2.13. The smallest absolute Gasteiger partial charge is 0.0464 e. The molecule has 0 saturated carbocycles. The van der Waals surface area contributed by atoms with E-state index in [1.807, 2.05) is 37.4 Å². The van der Waals surface area contributed by atoms with Crippen molar-refractivity contribution in [3.05, 3.63) is 63.6 Å². The molecular weight excluding hydrogens is 309 g/mol. The van der Waals surface area contributed by atoms with E-state index in [2.05, 4.69) is 24.4 Å². The van der Waals surface area contributed by atoms with Crippen LogP contribution in [0.5, 0.6) is 0 Å².